The second kappa shape index (κ2) is 7.51. The number of aromatic nitrogens is 2. The fraction of sp³-hybridized carbons (Fsp3) is 0.412. The van der Waals surface area contributed by atoms with Gasteiger partial charge in [-0.3, -0.25) is 0 Å². The Balaban J connectivity index is 2.43. The SMILES string of the molecule is CCCOc1ncc(C(F)(F)F)c(N(C)c2ccc(CC)cc2)n1. The number of hydrogen-bond acceptors (Lipinski definition) is 4. The first-order chi connectivity index (χ1) is 11.4. The summed E-state index contributed by atoms with van der Waals surface area (Å²) < 4.78 is 45.1. The molecule has 24 heavy (non-hydrogen) atoms. The Bertz CT molecular complexity index is 672. The van der Waals surface area contributed by atoms with Crippen LogP contribution in [0.5, 0.6) is 6.01 Å². The maximum atomic E-state index is 13.3. The fourth-order valence-corrected chi connectivity index (χ4v) is 2.15. The van der Waals surface area contributed by atoms with E-state index < -0.39 is 11.7 Å². The van der Waals surface area contributed by atoms with Gasteiger partial charge in [0.1, 0.15) is 5.56 Å². The van der Waals surface area contributed by atoms with E-state index in [0.29, 0.717) is 18.7 Å². The zero-order chi connectivity index (χ0) is 17.7. The lowest BCUT2D eigenvalue weighted by Gasteiger charge is -2.22. The van der Waals surface area contributed by atoms with Crippen molar-refractivity contribution in [1.29, 1.82) is 0 Å². The molecule has 0 radical (unpaired) electrons. The molecule has 1 aromatic heterocycles. The van der Waals surface area contributed by atoms with Gasteiger partial charge in [0.25, 0.3) is 0 Å². The molecule has 2 rings (SSSR count). The Kier molecular flexibility index (Phi) is 5.64. The van der Waals surface area contributed by atoms with Crippen molar-refractivity contribution in [1.82, 2.24) is 9.97 Å². The van der Waals surface area contributed by atoms with E-state index in [1.807, 2.05) is 26.0 Å². The van der Waals surface area contributed by atoms with E-state index in [2.05, 4.69) is 9.97 Å². The van der Waals surface area contributed by atoms with Crippen LogP contribution in [0.1, 0.15) is 31.4 Å². The van der Waals surface area contributed by atoms with Gasteiger partial charge in [-0.2, -0.15) is 18.2 Å². The molecule has 0 unspecified atom stereocenters. The molecule has 0 spiro atoms. The second-order valence-corrected chi connectivity index (χ2v) is 5.32. The predicted octanol–water partition coefficient (Wildman–Crippen LogP) is 4.61. The maximum absolute atomic E-state index is 13.3. The molecule has 7 heteroatoms. The lowest BCUT2D eigenvalue weighted by atomic mass is 10.1. The molecule has 2 aromatic rings. The normalized spacial score (nSPS) is 11.4. The molecular formula is C17H20F3N3O. The van der Waals surface area contributed by atoms with E-state index in [0.717, 1.165) is 18.2 Å². The highest BCUT2D eigenvalue weighted by atomic mass is 19.4. The first-order valence-electron chi connectivity index (χ1n) is 7.76. The zero-order valence-electron chi connectivity index (χ0n) is 13.9. The molecule has 0 amide bonds. The summed E-state index contributed by atoms with van der Waals surface area (Å²) in [5, 5.41) is 0. The number of anilines is 2. The Labute approximate surface area is 139 Å². The first kappa shape index (κ1) is 18.0. The maximum Gasteiger partial charge on any atom is 0.421 e. The largest absolute Gasteiger partial charge is 0.463 e. The molecule has 0 N–H and O–H groups in total. The van der Waals surface area contributed by atoms with Gasteiger partial charge in [0, 0.05) is 18.9 Å². The predicted molar refractivity (Wildman–Crippen MR) is 86.7 cm³/mol. The summed E-state index contributed by atoms with van der Waals surface area (Å²) in [5.41, 5.74) is 0.823. The van der Waals surface area contributed by atoms with Crippen LogP contribution < -0.4 is 9.64 Å². The molecule has 0 aliphatic rings. The molecule has 0 aliphatic carbocycles. The number of rotatable bonds is 6. The number of aryl methyl sites for hydroxylation is 1. The van der Waals surface area contributed by atoms with Crippen molar-refractivity contribution in [3.8, 4) is 6.01 Å². The van der Waals surface area contributed by atoms with Gasteiger partial charge in [-0.05, 0) is 30.5 Å². The Morgan fingerprint density at radius 3 is 2.33 bits per heavy atom. The summed E-state index contributed by atoms with van der Waals surface area (Å²) in [7, 11) is 1.54. The lowest BCUT2D eigenvalue weighted by Crippen LogP contribution is -2.19. The Hall–Kier alpha value is -2.31. The van der Waals surface area contributed by atoms with Gasteiger partial charge in [0.2, 0.25) is 0 Å². The number of hydrogen-bond donors (Lipinski definition) is 0. The van der Waals surface area contributed by atoms with Crippen molar-refractivity contribution >= 4 is 11.5 Å². The van der Waals surface area contributed by atoms with Gasteiger partial charge in [-0.15, -0.1) is 0 Å². The monoisotopic (exact) mass is 339 g/mol. The van der Waals surface area contributed by atoms with E-state index >= 15 is 0 Å². The number of ether oxygens (including phenoxy) is 1. The van der Waals surface area contributed by atoms with Crippen molar-refractivity contribution in [3.63, 3.8) is 0 Å². The average molecular weight is 339 g/mol. The quantitative estimate of drug-likeness (QED) is 0.770. The third kappa shape index (κ3) is 4.15. The molecule has 0 atom stereocenters. The third-order valence-corrected chi connectivity index (χ3v) is 3.54. The summed E-state index contributed by atoms with van der Waals surface area (Å²) in [6.07, 6.45) is -2.20. The molecular weight excluding hydrogens is 319 g/mol. The van der Waals surface area contributed by atoms with Gasteiger partial charge < -0.3 is 9.64 Å². The fourth-order valence-electron chi connectivity index (χ4n) is 2.15. The molecule has 0 aliphatic heterocycles. The first-order valence-corrected chi connectivity index (χ1v) is 7.76. The van der Waals surface area contributed by atoms with Gasteiger partial charge >= 0.3 is 12.2 Å². The minimum absolute atomic E-state index is 0.0584. The summed E-state index contributed by atoms with van der Waals surface area (Å²) >= 11 is 0. The average Bonchev–Trinajstić information content (AvgIpc) is 2.58. The van der Waals surface area contributed by atoms with Crippen LogP contribution in [0.3, 0.4) is 0 Å². The molecule has 130 valence electrons. The summed E-state index contributed by atoms with van der Waals surface area (Å²) in [6.45, 7) is 4.26. The third-order valence-electron chi connectivity index (χ3n) is 3.54. The van der Waals surface area contributed by atoms with Gasteiger partial charge in [-0.25, -0.2) is 4.98 Å². The molecule has 0 bridgehead atoms. The minimum Gasteiger partial charge on any atom is -0.463 e. The van der Waals surface area contributed by atoms with Crippen LogP contribution >= 0.6 is 0 Å². The Morgan fingerprint density at radius 1 is 1.12 bits per heavy atom. The van der Waals surface area contributed by atoms with E-state index in [-0.39, 0.29) is 11.8 Å². The summed E-state index contributed by atoms with van der Waals surface area (Å²) in [5.74, 6) is -0.229. The zero-order valence-corrected chi connectivity index (χ0v) is 13.9. The van der Waals surface area contributed by atoms with Crippen LogP contribution in [0.2, 0.25) is 0 Å². The van der Waals surface area contributed by atoms with Crippen LogP contribution in [-0.2, 0) is 12.6 Å². The topological polar surface area (TPSA) is 38.2 Å². The van der Waals surface area contributed by atoms with Crippen molar-refractivity contribution in [3.05, 3.63) is 41.6 Å². The smallest absolute Gasteiger partial charge is 0.421 e. The van der Waals surface area contributed by atoms with E-state index in [9.17, 15) is 13.2 Å². The minimum atomic E-state index is -4.55. The van der Waals surface area contributed by atoms with Crippen molar-refractivity contribution in [2.45, 2.75) is 32.9 Å². The van der Waals surface area contributed by atoms with Crippen LogP contribution in [-0.4, -0.2) is 23.6 Å². The van der Waals surface area contributed by atoms with Gasteiger partial charge in [0.15, 0.2) is 5.82 Å². The van der Waals surface area contributed by atoms with Crippen molar-refractivity contribution in [2.75, 3.05) is 18.6 Å². The highest BCUT2D eigenvalue weighted by molar-refractivity contribution is 5.63. The summed E-state index contributed by atoms with van der Waals surface area (Å²) in [6, 6.07) is 7.25. The van der Waals surface area contributed by atoms with Crippen molar-refractivity contribution < 1.29 is 17.9 Å². The van der Waals surface area contributed by atoms with Crippen LogP contribution in [0.15, 0.2) is 30.5 Å². The van der Waals surface area contributed by atoms with E-state index in [1.165, 1.54) is 4.90 Å². The molecule has 0 saturated heterocycles. The number of halogens is 3. The van der Waals surface area contributed by atoms with E-state index in [4.69, 9.17) is 4.74 Å². The highest BCUT2D eigenvalue weighted by Gasteiger charge is 2.36. The number of alkyl halides is 3. The highest BCUT2D eigenvalue weighted by Crippen LogP contribution is 2.37. The lowest BCUT2D eigenvalue weighted by molar-refractivity contribution is -0.137. The second-order valence-electron chi connectivity index (χ2n) is 5.32. The molecule has 0 saturated carbocycles. The van der Waals surface area contributed by atoms with Crippen molar-refractivity contribution in [2.24, 2.45) is 0 Å². The number of benzene rings is 1. The van der Waals surface area contributed by atoms with Gasteiger partial charge in [-0.1, -0.05) is 26.0 Å². The summed E-state index contributed by atoms with van der Waals surface area (Å²) in [4.78, 5) is 9.03. The molecule has 1 heterocycles. The standard InChI is InChI=1S/C17H20F3N3O/c1-4-10-24-16-21-11-14(17(18,19)20)15(22-16)23(3)13-8-6-12(5-2)7-9-13/h6-9,11H,4-5,10H2,1-3H3. The number of nitrogens with zero attached hydrogens (tertiary/aromatic N) is 3. The van der Waals surface area contributed by atoms with Gasteiger partial charge in [0.05, 0.1) is 6.61 Å². The Morgan fingerprint density at radius 2 is 1.79 bits per heavy atom. The van der Waals surface area contributed by atoms with E-state index in [1.54, 1.807) is 19.2 Å². The van der Waals surface area contributed by atoms with Crippen LogP contribution in [0, 0.1) is 0 Å². The van der Waals surface area contributed by atoms with Crippen LogP contribution in [0.25, 0.3) is 0 Å². The molecule has 1 aromatic carbocycles. The molecule has 4 nitrogen and oxygen atoms in total. The van der Waals surface area contributed by atoms with Crippen LogP contribution in [0.4, 0.5) is 24.7 Å². The molecule has 0 fully saturated rings.